The smallest absolute Gasteiger partial charge is 0.138 e. The van der Waals surface area contributed by atoms with E-state index >= 15 is 0 Å². The number of carbonyl (C=O) groups is 1. The van der Waals surface area contributed by atoms with E-state index in [-0.39, 0.29) is 5.92 Å². The van der Waals surface area contributed by atoms with Crippen LogP contribution in [-0.2, 0) is 4.79 Å². The lowest BCUT2D eigenvalue weighted by atomic mass is 9.83. The molecule has 2 rings (SSSR count). The van der Waals surface area contributed by atoms with E-state index in [1.54, 1.807) is 0 Å². The first-order valence-corrected chi connectivity index (χ1v) is 6.45. The van der Waals surface area contributed by atoms with Crippen LogP contribution in [-0.4, -0.2) is 29.8 Å². The number of piperidine rings is 1. The molecule has 2 heteroatoms. The topological polar surface area (TPSA) is 20.3 Å². The van der Waals surface area contributed by atoms with Crippen LogP contribution >= 0.6 is 0 Å². The lowest BCUT2D eigenvalue weighted by molar-refractivity contribution is -0.126. The second-order valence-electron chi connectivity index (χ2n) is 5.44. The van der Waals surface area contributed by atoms with Crippen molar-refractivity contribution in [1.29, 1.82) is 0 Å². The fourth-order valence-electron chi connectivity index (χ4n) is 3.19. The first-order chi connectivity index (χ1) is 7.18. The highest BCUT2D eigenvalue weighted by Gasteiger charge is 2.32. The molecule has 86 valence electrons. The maximum absolute atomic E-state index is 11.5. The number of carbonyl (C=O) groups excluding carboxylic acids is 1. The Hall–Kier alpha value is -0.370. The highest BCUT2D eigenvalue weighted by molar-refractivity contribution is 5.81. The molecule has 0 aromatic rings. The van der Waals surface area contributed by atoms with Crippen LogP contribution in [0.5, 0.6) is 0 Å². The minimum Gasteiger partial charge on any atom is -0.299 e. The van der Waals surface area contributed by atoms with Gasteiger partial charge in [0.05, 0.1) is 0 Å². The zero-order valence-corrected chi connectivity index (χ0v) is 10.0. The van der Waals surface area contributed by atoms with E-state index in [0.29, 0.717) is 5.78 Å². The van der Waals surface area contributed by atoms with Gasteiger partial charge in [0.2, 0.25) is 0 Å². The van der Waals surface area contributed by atoms with Gasteiger partial charge in [-0.1, -0.05) is 26.7 Å². The summed E-state index contributed by atoms with van der Waals surface area (Å²) in [5, 5.41) is 0. The maximum Gasteiger partial charge on any atom is 0.138 e. The van der Waals surface area contributed by atoms with E-state index in [0.717, 1.165) is 31.5 Å². The van der Waals surface area contributed by atoms with Gasteiger partial charge in [0.25, 0.3) is 0 Å². The summed E-state index contributed by atoms with van der Waals surface area (Å²) in [4.78, 5) is 14.1. The number of Topliss-reactive ketones (excluding diaryl/α,β-unsaturated/α-hetero) is 1. The van der Waals surface area contributed by atoms with E-state index in [1.807, 2.05) is 0 Å². The Bertz CT molecular complexity index is 239. The third kappa shape index (κ3) is 2.41. The average Bonchev–Trinajstić information content (AvgIpc) is 2.23. The van der Waals surface area contributed by atoms with Crippen LogP contribution in [0.2, 0.25) is 0 Å². The number of nitrogens with zero attached hydrogens (tertiary/aromatic N) is 1. The van der Waals surface area contributed by atoms with Gasteiger partial charge < -0.3 is 0 Å². The van der Waals surface area contributed by atoms with E-state index < -0.39 is 0 Å². The molecule has 2 fully saturated rings. The molecular formula is C13H23NO. The van der Waals surface area contributed by atoms with Gasteiger partial charge in [-0.15, -0.1) is 0 Å². The third-order valence-corrected chi connectivity index (χ3v) is 4.24. The minimum absolute atomic E-state index is 0.271. The molecule has 0 spiro atoms. The Balaban J connectivity index is 1.95. The monoisotopic (exact) mass is 209 g/mol. The summed E-state index contributed by atoms with van der Waals surface area (Å²) in [5.74, 6) is 1.57. The first-order valence-electron chi connectivity index (χ1n) is 6.45. The molecule has 1 saturated heterocycles. The van der Waals surface area contributed by atoms with E-state index in [9.17, 15) is 4.79 Å². The Morgan fingerprint density at radius 2 is 1.93 bits per heavy atom. The van der Waals surface area contributed by atoms with Crippen LogP contribution in [0.1, 0.15) is 46.0 Å². The lowest BCUT2D eigenvalue weighted by Crippen LogP contribution is -2.48. The van der Waals surface area contributed by atoms with Gasteiger partial charge in [-0.25, -0.2) is 0 Å². The molecule has 1 aliphatic heterocycles. The Morgan fingerprint density at radius 3 is 2.60 bits per heavy atom. The van der Waals surface area contributed by atoms with Crippen molar-refractivity contribution in [3.63, 3.8) is 0 Å². The van der Waals surface area contributed by atoms with Crippen LogP contribution in [0.15, 0.2) is 0 Å². The molecule has 1 aliphatic carbocycles. The van der Waals surface area contributed by atoms with Crippen molar-refractivity contribution < 1.29 is 4.79 Å². The molecule has 2 nitrogen and oxygen atoms in total. The Morgan fingerprint density at radius 1 is 1.20 bits per heavy atom. The van der Waals surface area contributed by atoms with Crippen LogP contribution in [0.3, 0.4) is 0 Å². The molecule has 0 radical (unpaired) electrons. The summed E-state index contributed by atoms with van der Waals surface area (Å²) in [5.41, 5.74) is 0. The molecule has 3 atom stereocenters. The highest BCUT2D eigenvalue weighted by atomic mass is 16.1. The molecule has 0 amide bonds. The van der Waals surface area contributed by atoms with E-state index in [2.05, 4.69) is 18.7 Å². The predicted molar refractivity (Wildman–Crippen MR) is 61.8 cm³/mol. The van der Waals surface area contributed by atoms with Gasteiger partial charge in [0.15, 0.2) is 0 Å². The molecule has 0 aromatic heterocycles. The van der Waals surface area contributed by atoms with Crippen LogP contribution in [0.4, 0.5) is 0 Å². The molecular weight excluding hydrogens is 186 g/mol. The zero-order chi connectivity index (χ0) is 10.8. The summed E-state index contributed by atoms with van der Waals surface area (Å²) < 4.78 is 0. The van der Waals surface area contributed by atoms with E-state index in [1.165, 1.54) is 25.7 Å². The molecule has 1 heterocycles. The molecule has 0 aromatic carbocycles. The summed E-state index contributed by atoms with van der Waals surface area (Å²) in [6, 6.07) is 0.759. The van der Waals surface area contributed by atoms with Gasteiger partial charge in [0, 0.05) is 31.5 Å². The Kier molecular flexibility index (Phi) is 3.45. The zero-order valence-electron chi connectivity index (χ0n) is 10.0. The molecule has 2 aliphatic rings. The normalized spacial score (nSPS) is 39.3. The summed E-state index contributed by atoms with van der Waals surface area (Å²) in [6.45, 7) is 6.49. The van der Waals surface area contributed by atoms with Crippen molar-refractivity contribution in [2.45, 2.75) is 52.0 Å². The summed E-state index contributed by atoms with van der Waals surface area (Å²) in [7, 11) is 0. The van der Waals surface area contributed by atoms with Gasteiger partial charge in [-0.05, 0) is 18.8 Å². The summed E-state index contributed by atoms with van der Waals surface area (Å²) >= 11 is 0. The van der Waals surface area contributed by atoms with Crippen LogP contribution in [0.25, 0.3) is 0 Å². The first kappa shape index (κ1) is 11.1. The largest absolute Gasteiger partial charge is 0.299 e. The van der Waals surface area contributed by atoms with Crippen molar-refractivity contribution in [3.05, 3.63) is 0 Å². The van der Waals surface area contributed by atoms with Crippen molar-refractivity contribution in [2.75, 3.05) is 13.1 Å². The van der Waals surface area contributed by atoms with Crippen molar-refractivity contribution in [1.82, 2.24) is 4.90 Å². The van der Waals surface area contributed by atoms with E-state index in [4.69, 9.17) is 0 Å². The number of likely N-dealkylation sites (tertiary alicyclic amines) is 1. The molecule has 3 unspecified atom stereocenters. The number of rotatable bonds is 1. The number of hydrogen-bond donors (Lipinski definition) is 0. The lowest BCUT2D eigenvalue weighted by Gasteiger charge is -2.41. The number of hydrogen-bond acceptors (Lipinski definition) is 2. The van der Waals surface area contributed by atoms with Crippen LogP contribution < -0.4 is 0 Å². The van der Waals surface area contributed by atoms with Gasteiger partial charge in [-0.2, -0.15) is 0 Å². The predicted octanol–water partition coefficient (Wildman–Crippen LogP) is 2.48. The van der Waals surface area contributed by atoms with Gasteiger partial charge in [0.1, 0.15) is 5.78 Å². The quantitative estimate of drug-likeness (QED) is 0.661. The molecule has 15 heavy (non-hydrogen) atoms. The van der Waals surface area contributed by atoms with Gasteiger partial charge >= 0.3 is 0 Å². The Labute approximate surface area is 93.0 Å². The molecule has 0 N–H and O–H groups in total. The third-order valence-electron chi connectivity index (χ3n) is 4.24. The number of ketones is 1. The molecule has 1 saturated carbocycles. The minimum atomic E-state index is 0.271. The molecule has 0 bridgehead atoms. The maximum atomic E-state index is 11.5. The fourth-order valence-corrected chi connectivity index (χ4v) is 3.19. The fraction of sp³-hybridized carbons (Fsp3) is 0.923. The van der Waals surface area contributed by atoms with Crippen molar-refractivity contribution >= 4 is 5.78 Å². The van der Waals surface area contributed by atoms with Gasteiger partial charge in [-0.3, -0.25) is 9.69 Å². The van der Waals surface area contributed by atoms with Crippen LogP contribution in [0, 0.1) is 11.8 Å². The second kappa shape index (κ2) is 4.65. The standard InChI is InChI=1S/C13H23NO/c1-10-5-3-4-6-12(10)14-8-7-13(15)11(2)9-14/h10-12H,3-9H2,1-2H3. The second-order valence-corrected chi connectivity index (χ2v) is 5.44. The SMILES string of the molecule is CC1CN(C2CCCCC2C)CCC1=O. The summed E-state index contributed by atoms with van der Waals surface area (Å²) in [6.07, 6.45) is 6.30. The average molecular weight is 209 g/mol. The highest BCUT2D eigenvalue weighted by Crippen LogP contribution is 2.30. The van der Waals surface area contributed by atoms with Crippen molar-refractivity contribution in [2.24, 2.45) is 11.8 Å². The van der Waals surface area contributed by atoms with Crippen molar-refractivity contribution in [3.8, 4) is 0 Å².